The minimum atomic E-state index is -1.06. The molecule has 9 heteroatoms. The van der Waals surface area contributed by atoms with E-state index in [0.717, 1.165) is 25.7 Å². The number of imide groups is 1. The van der Waals surface area contributed by atoms with Crippen molar-refractivity contribution in [1.82, 2.24) is 15.5 Å². The highest BCUT2D eigenvalue weighted by atomic mass is 32.2. The number of urea groups is 1. The number of carbonyl (C=O) groups excluding carboxylic acids is 4. The number of hydrogen-bond acceptors (Lipinski definition) is 6. The van der Waals surface area contributed by atoms with Crippen LogP contribution in [0.15, 0.2) is 29.2 Å². The minimum Gasteiger partial charge on any atom is -0.449 e. The summed E-state index contributed by atoms with van der Waals surface area (Å²) in [4.78, 5) is 51.7. The number of ether oxygens (including phenoxy) is 1. The second-order valence-corrected chi connectivity index (χ2v) is 9.18. The summed E-state index contributed by atoms with van der Waals surface area (Å²) in [5.41, 5.74) is -0.739. The Bertz CT molecular complexity index is 876. The molecule has 2 aliphatic heterocycles. The van der Waals surface area contributed by atoms with Gasteiger partial charge in [0.15, 0.2) is 6.10 Å². The van der Waals surface area contributed by atoms with Gasteiger partial charge in [0.25, 0.3) is 11.8 Å². The first-order chi connectivity index (χ1) is 14.7. The molecule has 2 N–H and O–H groups in total. The van der Waals surface area contributed by atoms with Crippen LogP contribution >= 0.6 is 11.8 Å². The van der Waals surface area contributed by atoms with Crippen LogP contribution in [-0.4, -0.2) is 58.7 Å². The standard InChI is InChI=1S/C22H29N3O5S/c1-4-15-9-7-8-12-25(15)18(26)14(2)30-19(27)16-10-5-6-11-17(16)31-13-22(3)20(28)23-21(29)24-22/h5-6,10-11,14-15H,4,7-9,12-13H2,1-3H3,(H2,23,24,28,29)/t14-,15+,22+/m0/s1. The second-order valence-electron chi connectivity index (χ2n) is 8.16. The number of nitrogens with one attached hydrogen (secondary N) is 2. The van der Waals surface area contributed by atoms with E-state index in [-0.39, 0.29) is 17.7 Å². The first kappa shape index (κ1) is 23.1. The van der Waals surface area contributed by atoms with E-state index in [1.807, 2.05) is 4.90 Å². The van der Waals surface area contributed by atoms with Crippen molar-refractivity contribution < 1.29 is 23.9 Å². The zero-order valence-electron chi connectivity index (χ0n) is 18.1. The van der Waals surface area contributed by atoms with Crippen LogP contribution < -0.4 is 10.6 Å². The lowest BCUT2D eigenvalue weighted by Gasteiger charge is -2.36. The normalized spacial score (nSPS) is 24.4. The van der Waals surface area contributed by atoms with Crippen molar-refractivity contribution in [1.29, 1.82) is 0 Å². The fourth-order valence-corrected chi connectivity index (χ4v) is 5.02. The number of esters is 1. The van der Waals surface area contributed by atoms with Crippen LogP contribution in [0.1, 0.15) is 56.8 Å². The van der Waals surface area contributed by atoms with Crippen LogP contribution in [-0.2, 0) is 14.3 Å². The minimum absolute atomic E-state index is 0.164. The molecule has 0 aromatic heterocycles. The van der Waals surface area contributed by atoms with E-state index >= 15 is 0 Å². The third kappa shape index (κ3) is 5.20. The first-order valence-electron chi connectivity index (χ1n) is 10.6. The Morgan fingerprint density at radius 3 is 2.71 bits per heavy atom. The van der Waals surface area contributed by atoms with E-state index in [2.05, 4.69) is 17.6 Å². The predicted octanol–water partition coefficient (Wildman–Crippen LogP) is 2.71. The number of benzene rings is 1. The molecular formula is C22H29N3O5S. The lowest BCUT2D eigenvalue weighted by Crippen LogP contribution is -2.48. The quantitative estimate of drug-likeness (QED) is 0.378. The molecule has 8 nitrogen and oxygen atoms in total. The lowest BCUT2D eigenvalue weighted by atomic mass is 9.99. The summed E-state index contributed by atoms with van der Waals surface area (Å²) in [5, 5.41) is 4.83. The fourth-order valence-electron chi connectivity index (χ4n) is 3.89. The Balaban J connectivity index is 1.66. The summed E-state index contributed by atoms with van der Waals surface area (Å²) in [6.07, 6.45) is 3.05. The molecule has 31 heavy (non-hydrogen) atoms. The summed E-state index contributed by atoms with van der Waals surface area (Å²) in [6, 6.07) is 6.55. The van der Waals surface area contributed by atoms with Crippen LogP contribution in [0, 0.1) is 0 Å². The van der Waals surface area contributed by atoms with Crippen LogP contribution in [0.4, 0.5) is 4.79 Å². The third-order valence-electron chi connectivity index (χ3n) is 5.75. The summed E-state index contributed by atoms with van der Waals surface area (Å²) in [5.74, 6) is -0.909. The van der Waals surface area contributed by atoms with E-state index in [1.165, 1.54) is 11.8 Å². The maximum absolute atomic E-state index is 12.9. The van der Waals surface area contributed by atoms with E-state index in [4.69, 9.17) is 4.74 Å². The van der Waals surface area contributed by atoms with Gasteiger partial charge in [0, 0.05) is 23.2 Å². The highest BCUT2D eigenvalue weighted by molar-refractivity contribution is 7.99. The molecule has 0 spiro atoms. The molecular weight excluding hydrogens is 418 g/mol. The number of amides is 4. The SMILES string of the molecule is CC[C@@H]1CCCCN1C(=O)[C@H](C)OC(=O)c1ccccc1SC[C@@]1(C)NC(=O)NC1=O. The van der Waals surface area contributed by atoms with Gasteiger partial charge in [-0.05, 0) is 51.7 Å². The topological polar surface area (TPSA) is 105 Å². The highest BCUT2D eigenvalue weighted by Gasteiger charge is 2.42. The largest absolute Gasteiger partial charge is 0.449 e. The molecule has 3 atom stereocenters. The highest BCUT2D eigenvalue weighted by Crippen LogP contribution is 2.28. The lowest BCUT2D eigenvalue weighted by molar-refractivity contribution is -0.143. The molecule has 2 aliphatic rings. The van der Waals surface area contributed by atoms with Gasteiger partial charge >= 0.3 is 12.0 Å². The Morgan fingerprint density at radius 2 is 2.03 bits per heavy atom. The molecule has 2 fully saturated rings. The molecule has 1 aromatic carbocycles. The molecule has 3 rings (SSSR count). The first-order valence-corrected chi connectivity index (χ1v) is 11.6. The Morgan fingerprint density at radius 1 is 1.29 bits per heavy atom. The number of piperidine rings is 1. The van der Waals surface area contributed by atoms with Gasteiger partial charge in [-0.25, -0.2) is 9.59 Å². The molecule has 0 radical (unpaired) electrons. The summed E-state index contributed by atoms with van der Waals surface area (Å²) in [6.45, 7) is 5.99. The zero-order chi connectivity index (χ0) is 22.6. The van der Waals surface area contributed by atoms with Crippen LogP contribution in [0.2, 0.25) is 0 Å². The van der Waals surface area contributed by atoms with Crippen molar-refractivity contribution in [2.45, 2.75) is 69.0 Å². The Hall–Kier alpha value is -2.55. The van der Waals surface area contributed by atoms with Gasteiger partial charge in [0.2, 0.25) is 0 Å². The summed E-state index contributed by atoms with van der Waals surface area (Å²) in [7, 11) is 0. The molecule has 0 aliphatic carbocycles. The molecule has 0 bridgehead atoms. The second kappa shape index (κ2) is 9.72. The van der Waals surface area contributed by atoms with Gasteiger partial charge in [-0.2, -0.15) is 0 Å². The van der Waals surface area contributed by atoms with Crippen molar-refractivity contribution in [3.63, 3.8) is 0 Å². The molecule has 0 saturated carbocycles. The Labute approximate surface area is 186 Å². The third-order valence-corrected chi connectivity index (χ3v) is 7.14. The number of hydrogen-bond donors (Lipinski definition) is 2. The maximum Gasteiger partial charge on any atom is 0.340 e. The average molecular weight is 448 g/mol. The maximum atomic E-state index is 12.9. The van der Waals surface area contributed by atoms with Crippen molar-refractivity contribution in [3.05, 3.63) is 29.8 Å². The molecule has 1 aromatic rings. The number of thioether (sulfide) groups is 1. The monoisotopic (exact) mass is 447 g/mol. The average Bonchev–Trinajstić information content (AvgIpc) is 3.03. The van der Waals surface area contributed by atoms with Gasteiger partial charge < -0.3 is 15.0 Å². The van der Waals surface area contributed by atoms with Crippen molar-refractivity contribution in [3.8, 4) is 0 Å². The van der Waals surface area contributed by atoms with Crippen molar-refractivity contribution in [2.75, 3.05) is 12.3 Å². The number of carbonyl (C=O) groups is 4. The summed E-state index contributed by atoms with van der Waals surface area (Å²) < 4.78 is 5.53. The molecule has 2 saturated heterocycles. The van der Waals surface area contributed by atoms with Gasteiger partial charge in [0.05, 0.1) is 5.56 Å². The zero-order valence-corrected chi connectivity index (χ0v) is 18.9. The molecule has 4 amide bonds. The van der Waals surface area contributed by atoms with Crippen molar-refractivity contribution >= 4 is 35.6 Å². The Kier molecular flexibility index (Phi) is 7.25. The number of likely N-dealkylation sites (tertiary alicyclic amines) is 1. The molecule has 2 heterocycles. The van der Waals surface area contributed by atoms with E-state index < -0.39 is 29.6 Å². The van der Waals surface area contributed by atoms with E-state index in [0.29, 0.717) is 17.0 Å². The molecule has 0 unspecified atom stereocenters. The van der Waals surface area contributed by atoms with Crippen LogP contribution in [0.5, 0.6) is 0 Å². The predicted molar refractivity (Wildman–Crippen MR) is 117 cm³/mol. The van der Waals surface area contributed by atoms with Gasteiger partial charge in [-0.3, -0.25) is 14.9 Å². The van der Waals surface area contributed by atoms with Gasteiger partial charge in [-0.1, -0.05) is 19.1 Å². The number of rotatable bonds is 7. The molecule has 168 valence electrons. The van der Waals surface area contributed by atoms with Crippen molar-refractivity contribution in [2.24, 2.45) is 0 Å². The number of nitrogens with zero attached hydrogens (tertiary/aromatic N) is 1. The van der Waals surface area contributed by atoms with Gasteiger partial charge in [0.1, 0.15) is 5.54 Å². The van der Waals surface area contributed by atoms with E-state index in [9.17, 15) is 19.2 Å². The fraction of sp³-hybridized carbons (Fsp3) is 0.545. The van der Waals surface area contributed by atoms with Crippen LogP contribution in [0.25, 0.3) is 0 Å². The van der Waals surface area contributed by atoms with Gasteiger partial charge in [-0.15, -0.1) is 11.8 Å². The summed E-state index contributed by atoms with van der Waals surface area (Å²) >= 11 is 1.27. The van der Waals surface area contributed by atoms with Crippen LogP contribution in [0.3, 0.4) is 0 Å². The smallest absolute Gasteiger partial charge is 0.340 e. The van der Waals surface area contributed by atoms with E-state index in [1.54, 1.807) is 38.1 Å².